The molecule has 2 aromatic carbocycles. The first-order valence-corrected chi connectivity index (χ1v) is 12.0. The van der Waals surface area contributed by atoms with Gasteiger partial charge in [0.15, 0.2) is 0 Å². The summed E-state index contributed by atoms with van der Waals surface area (Å²) in [6.45, 7) is 7.67. The van der Waals surface area contributed by atoms with Gasteiger partial charge in [0.25, 0.3) is 0 Å². The number of rotatable bonds is 8. The van der Waals surface area contributed by atoms with Gasteiger partial charge in [0, 0.05) is 44.2 Å². The van der Waals surface area contributed by atoms with E-state index in [1.54, 1.807) is 41.8 Å². The van der Waals surface area contributed by atoms with Gasteiger partial charge < -0.3 is 10.2 Å². The topological polar surface area (TPSA) is 49.4 Å². The number of benzene rings is 2. The second-order valence-corrected chi connectivity index (χ2v) is 10.7. The normalized spacial score (nSPS) is 12.4. The predicted octanol–water partition coefficient (Wildman–Crippen LogP) is 6.46. The number of thioether (sulfide) groups is 1. The van der Waals surface area contributed by atoms with Crippen LogP contribution in [0.25, 0.3) is 0 Å². The third kappa shape index (κ3) is 8.57. The van der Waals surface area contributed by atoms with Crippen molar-refractivity contribution in [2.75, 3.05) is 5.75 Å². The summed E-state index contributed by atoms with van der Waals surface area (Å²) in [5.41, 5.74) is 0.336. The van der Waals surface area contributed by atoms with E-state index in [-0.39, 0.29) is 24.8 Å². The first-order valence-electron chi connectivity index (χ1n) is 9.90. The zero-order chi connectivity index (χ0) is 23.2. The van der Waals surface area contributed by atoms with Crippen LogP contribution in [-0.4, -0.2) is 34.0 Å². The number of carbonyl (C=O) groups is 2. The van der Waals surface area contributed by atoms with Gasteiger partial charge in [-0.2, -0.15) is 0 Å². The van der Waals surface area contributed by atoms with E-state index in [0.717, 1.165) is 10.5 Å². The molecule has 0 spiro atoms. The minimum atomic E-state index is -0.654. The van der Waals surface area contributed by atoms with Gasteiger partial charge in [-0.15, -0.1) is 11.8 Å². The quantitative estimate of drug-likeness (QED) is 0.422. The molecule has 0 aliphatic rings. The standard InChI is InChI=1S/C23H27Cl3N2O2S/c1-15(22(30)27-23(2,3)4)28(14-16-5-6-18(25)13-20(16)26)21(29)11-12-31-19-9-7-17(24)8-10-19/h5-10,13,15H,11-12,14H2,1-4H3,(H,27,30)/t15-/m1/s1. The Labute approximate surface area is 203 Å². The van der Waals surface area contributed by atoms with Crippen LogP contribution in [0.15, 0.2) is 47.4 Å². The molecule has 0 aliphatic carbocycles. The van der Waals surface area contributed by atoms with Gasteiger partial charge in [0.2, 0.25) is 11.8 Å². The molecule has 31 heavy (non-hydrogen) atoms. The summed E-state index contributed by atoms with van der Waals surface area (Å²) >= 11 is 19.8. The van der Waals surface area contributed by atoms with Gasteiger partial charge >= 0.3 is 0 Å². The van der Waals surface area contributed by atoms with E-state index in [9.17, 15) is 9.59 Å². The van der Waals surface area contributed by atoms with Crippen molar-refractivity contribution in [1.29, 1.82) is 0 Å². The van der Waals surface area contributed by atoms with Crippen molar-refractivity contribution in [2.24, 2.45) is 0 Å². The number of hydrogen-bond acceptors (Lipinski definition) is 3. The van der Waals surface area contributed by atoms with E-state index in [1.165, 1.54) is 0 Å². The maximum Gasteiger partial charge on any atom is 0.242 e. The Hall–Kier alpha value is -1.40. The van der Waals surface area contributed by atoms with E-state index in [2.05, 4.69) is 5.32 Å². The lowest BCUT2D eigenvalue weighted by atomic mass is 10.1. The molecule has 2 amide bonds. The van der Waals surface area contributed by atoms with Gasteiger partial charge in [-0.25, -0.2) is 0 Å². The van der Waals surface area contributed by atoms with E-state index in [0.29, 0.717) is 20.8 Å². The Balaban J connectivity index is 2.13. The summed E-state index contributed by atoms with van der Waals surface area (Å²) in [6, 6.07) is 12.0. The molecule has 1 N–H and O–H groups in total. The zero-order valence-corrected chi connectivity index (χ0v) is 21.1. The molecule has 168 valence electrons. The number of amides is 2. The molecule has 0 saturated carbocycles. The maximum absolute atomic E-state index is 13.1. The van der Waals surface area contributed by atoms with Crippen molar-refractivity contribution < 1.29 is 9.59 Å². The number of nitrogens with one attached hydrogen (secondary N) is 1. The third-order valence-electron chi connectivity index (χ3n) is 4.42. The Morgan fingerprint density at radius 2 is 1.65 bits per heavy atom. The van der Waals surface area contributed by atoms with Crippen LogP contribution in [0.4, 0.5) is 0 Å². The van der Waals surface area contributed by atoms with Gasteiger partial charge in [0.05, 0.1) is 0 Å². The zero-order valence-electron chi connectivity index (χ0n) is 18.0. The molecular formula is C23H27Cl3N2O2S. The van der Waals surface area contributed by atoms with Crippen molar-refractivity contribution in [3.63, 3.8) is 0 Å². The lowest BCUT2D eigenvalue weighted by Gasteiger charge is -2.31. The Morgan fingerprint density at radius 3 is 2.23 bits per heavy atom. The molecule has 4 nitrogen and oxygen atoms in total. The van der Waals surface area contributed by atoms with E-state index in [4.69, 9.17) is 34.8 Å². The smallest absolute Gasteiger partial charge is 0.242 e. The lowest BCUT2D eigenvalue weighted by molar-refractivity contribution is -0.140. The molecule has 2 aromatic rings. The van der Waals surface area contributed by atoms with E-state index in [1.807, 2.05) is 45.0 Å². The monoisotopic (exact) mass is 500 g/mol. The average Bonchev–Trinajstić information content (AvgIpc) is 2.67. The molecule has 0 heterocycles. The minimum absolute atomic E-state index is 0.121. The maximum atomic E-state index is 13.1. The Morgan fingerprint density at radius 1 is 1.03 bits per heavy atom. The van der Waals surface area contributed by atoms with Crippen LogP contribution in [0.1, 0.15) is 39.7 Å². The van der Waals surface area contributed by atoms with Crippen LogP contribution in [0.3, 0.4) is 0 Å². The van der Waals surface area contributed by atoms with Crippen molar-refractivity contribution in [1.82, 2.24) is 10.2 Å². The second kappa shape index (κ2) is 11.5. The Bertz CT molecular complexity index is 914. The number of carbonyl (C=O) groups excluding carboxylic acids is 2. The fourth-order valence-electron chi connectivity index (χ4n) is 2.82. The van der Waals surface area contributed by atoms with Crippen LogP contribution in [-0.2, 0) is 16.1 Å². The van der Waals surface area contributed by atoms with E-state index >= 15 is 0 Å². The molecule has 0 radical (unpaired) electrons. The molecule has 0 unspecified atom stereocenters. The number of halogens is 3. The molecule has 0 bridgehead atoms. The van der Waals surface area contributed by atoms with Crippen molar-refractivity contribution >= 4 is 58.4 Å². The van der Waals surface area contributed by atoms with Gasteiger partial charge in [-0.05, 0) is 69.7 Å². The summed E-state index contributed by atoms with van der Waals surface area (Å²) in [7, 11) is 0. The number of nitrogens with zero attached hydrogens (tertiary/aromatic N) is 1. The fourth-order valence-corrected chi connectivity index (χ4v) is 4.26. The van der Waals surface area contributed by atoms with Crippen molar-refractivity contribution in [3.8, 4) is 0 Å². The molecule has 2 rings (SSSR count). The SMILES string of the molecule is C[C@H](C(=O)NC(C)(C)C)N(Cc1ccc(Cl)cc1Cl)C(=O)CCSc1ccc(Cl)cc1. The minimum Gasteiger partial charge on any atom is -0.350 e. The summed E-state index contributed by atoms with van der Waals surface area (Å²) in [5.74, 6) is 0.249. The highest BCUT2D eigenvalue weighted by atomic mass is 35.5. The molecule has 1 atom stereocenters. The van der Waals surface area contributed by atoms with Gasteiger partial charge in [0.1, 0.15) is 6.04 Å². The lowest BCUT2D eigenvalue weighted by Crippen LogP contribution is -2.52. The average molecular weight is 502 g/mol. The molecular weight excluding hydrogens is 475 g/mol. The molecule has 8 heteroatoms. The first-order chi connectivity index (χ1) is 14.5. The van der Waals surface area contributed by atoms with Gasteiger partial charge in [-0.3, -0.25) is 9.59 Å². The highest BCUT2D eigenvalue weighted by molar-refractivity contribution is 7.99. The summed E-state index contributed by atoms with van der Waals surface area (Å²) in [6.07, 6.45) is 0.283. The molecule has 0 fully saturated rings. The third-order valence-corrected chi connectivity index (χ3v) is 6.27. The predicted molar refractivity (Wildman–Crippen MR) is 131 cm³/mol. The first kappa shape index (κ1) is 25.9. The highest BCUT2D eigenvalue weighted by Gasteiger charge is 2.28. The number of hydrogen-bond donors (Lipinski definition) is 1. The van der Waals surface area contributed by atoms with Gasteiger partial charge in [-0.1, -0.05) is 40.9 Å². The second-order valence-electron chi connectivity index (χ2n) is 8.22. The molecule has 0 saturated heterocycles. The van der Waals surface area contributed by atoms with Crippen molar-refractivity contribution in [3.05, 3.63) is 63.1 Å². The van der Waals surface area contributed by atoms with Crippen LogP contribution in [0.5, 0.6) is 0 Å². The largest absolute Gasteiger partial charge is 0.350 e. The summed E-state index contributed by atoms with van der Waals surface area (Å²) < 4.78 is 0. The molecule has 0 aromatic heterocycles. The van der Waals surface area contributed by atoms with E-state index < -0.39 is 11.6 Å². The van der Waals surface area contributed by atoms with Crippen LogP contribution in [0.2, 0.25) is 15.1 Å². The Kier molecular flexibility index (Phi) is 9.56. The van der Waals surface area contributed by atoms with Crippen LogP contribution in [0, 0.1) is 0 Å². The summed E-state index contributed by atoms with van der Waals surface area (Å²) in [4.78, 5) is 28.5. The molecule has 0 aliphatic heterocycles. The fraction of sp³-hybridized carbons (Fsp3) is 0.391. The van der Waals surface area contributed by atoms with Crippen LogP contribution >= 0.6 is 46.6 Å². The van der Waals surface area contributed by atoms with Crippen LogP contribution < -0.4 is 5.32 Å². The van der Waals surface area contributed by atoms with Crippen molar-refractivity contribution in [2.45, 2.75) is 57.1 Å². The summed E-state index contributed by atoms with van der Waals surface area (Å²) in [5, 5.41) is 4.60. The highest BCUT2D eigenvalue weighted by Crippen LogP contribution is 2.25.